The lowest BCUT2D eigenvalue weighted by Gasteiger charge is -2.24. The monoisotopic (exact) mass is 311 g/mol. The van der Waals surface area contributed by atoms with Gasteiger partial charge in [0, 0.05) is 9.79 Å². The second-order valence-corrected chi connectivity index (χ2v) is 7.22. The molecule has 0 aliphatic heterocycles. The van der Waals surface area contributed by atoms with Crippen LogP contribution in [0.5, 0.6) is 0 Å². The molecule has 22 heavy (non-hydrogen) atoms. The molecule has 0 radical (unpaired) electrons. The summed E-state index contributed by atoms with van der Waals surface area (Å²) in [6.45, 7) is 6.01. The lowest BCUT2D eigenvalue weighted by molar-refractivity contribution is 0.533. The maximum atomic E-state index is 12.9. The van der Waals surface area contributed by atoms with Crippen LogP contribution >= 0.6 is 0 Å². The molecule has 0 saturated heterocycles. The van der Waals surface area contributed by atoms with Crippen LogP contribution in [0.3, 0.4) is 0 Å². The van der Waals surface area contributed by atoms with Crippen LogP contribution in [0, 0.1) is 18.3 Å². The van der Waals surface area contributed by atoms with Crippen LogP contribution in [-0.2, 0) is 16.2 Å². The highest BCUT2D eigenvalue weighted by Crippen LogP contribution is 2.34. The Bertz CT molecular complexity index is 715. The van der Waals surface area contributed by atoms with Crippen LogP contribution in [0.25, 0.3) is 0 Å². The molecule has 2 aromatic rings. The minimum Gasteiger partial charge on any atom is -0.249 e. The van der Waals surface area contributed by atoms with Crippen LogP contribution in [0.2, 0.25) is 0 Å². The molecular weight excluding hydrogens is 290 g/mol. The average molecular weight is 311 g/mol. The Balaban J connectivity index is 2.51. The van der Waals surface area contributed by atoms with E-state index in [1.54, 1.807) is 0 Å². The van der Waals surface area contributed by atoms with Gasteiger partial charge in [0.25, 0.3) is 0 Å². The fraction of sp³-hybridized carbons (Fsp3) is 0.316. The van der Waals surface area contributed by atoms with E-state index >= 15 is 0 Å². The molecule has 1 unspecified atom stereocenters. The van der Waals surface area contributed by atoms with Crippen LogP contribution in [0.1, 0.15) is 37.8 Å². The number of benzene rings is 2. The van der Waals surface area contributed by atoms with E-state index in [1.165, 1.54) is 0 Å². The lowest BCUT2D eigenvalue weighted by Crippen LogP contribution is -2.21. The molecule has 0 aliphatic rings. The van der Waals surface area contributed by atoms with E-state index in [9.17, 15) is 9.47 Å². The van der Waals surface area contributed by atoms with E-state index < -0.39 is 16.2 Å². The molecule has 0 saturated carbocycles. The van der Waals surface area contributed by atoms with Crippen LogP contribution in [0.15, 0.2) is 58.3 Å². The van der Waals surface area contributed by atoms with E-state index in [2.05, 4.69) is 13.0 Å². The number of aryl methyl sites for hydroxylation is 1. The third-order valence-corrected chi connectivity index (χ3v) is 5.37. The molecule has 0 spiro atoms. The Hall–Kier alpha value is -1.92. The summed E-state index contributed by atoms with van der Waals surface area (Å²) in [5.41, 5.74) is 1.41. The van der Waals surface area contributed by atoms with Gasteiger partial charge in [-0.3, -0.25) is 0 Å². The highest BCUT2D eigenvalue weighted by Gasteiger charge is 2.29. The van der Waals surface area contributed by atoms with Gasteiger partial charge in [0.1, 0.15) is 0 Å². The fourth-order valence-electron chi connectivity index (χ4n) is 2.62. The number of nitrogens with zero attached hydrogens (tertiary/aromatic N) is 1. The van der Waals surface area contributed by atoms with Gasteiger partial charge in [-0.05, 0) is 44.0 Å². The summed E-state index contributed by atoms with van der Waals surface area (Å²) in [5.74, 6) is 0. The SMILES string of the molecule is CCC[C@@](C)(C#N)c1ccccc1S(=O)c1ccc(C)cc1. The van der Waals surface area contributed by atoms with Crippen molar-refractivity contribution in [2.24, 2.45) is 0 Å². The number of rotatable bonds is 5. The quantitative estimate of drug-likeness (QED) is 0.800. The van der Waals surface area contributed by atoms with Crippen molar-refractivity contribution in [3.63, 3.8) is 0 Å². The van der Waals surface area contributed by atoms with Crippen molar-refractivity contribution < 1.29 is 4.21 Å². The van der Waals surface area contributed by atoms with Gasteiger partial charge in [-0.25, -0.2) is 4.21 Å². The predicted molar refractivity (Wildman–Crippen MR) is 90.2 cm³/mol. The maximum Gasteiger partial charge on any atom is 0.0852 e. The number of hydrogen-bond donors (Lipinski definition) is 0. The van der Waals surface area contributed by atoms with Crippen LogP contribution in [-0.4, -0.2) is 4.21 Å². The normalized spacial score (nSPS) is 14.8. The molecule has 2 aromatic carbocycles. The topological polar surface area (TPSA) is 40.9 Å². The molecule has 0 bridgehead atoms. The fourth-order valence-corrected chi connectivity index (χ4v) is 3.96. The first-order valence-electron chi connectivity index (χ1n) is 7.51. The zero-order valence-corrected chi connectivity index (χ0v) is 14.1. The first kappa shape index (κ1) is 16.5. The summed E-state index contributed by atoms with van der Waals surface area (Å²) in [7, 11) is -1.27. The summed E-state index contributed by atoms with van der Waals surface area (Å²) in [6, 6.07) is 17.7. The summed E-state index contributed by atoms with van der Waals surface area (Å²) in [6.07, 6.45) is 1.67. The van der Waals surface area contributed by atoms with Crippen molar-refractivity contribution in [1.82, 2.24) is 0 Å². The van der Waals surface area contributed by atoms with Crippen LogP contribution < -0.4 is 0 Å². The van der Waals surface area contributed by atoms with Crippen molar-refractivity contribution in [3.8, 4) is 6.07 Å². The second kappa shape index (κ2) is 6.89. The molecule has 0 aromatic heterocycles. The molecule has 3 heteroatoms. The van der Waals surface area contributed by atoms with Gasteiger partial charge in [-0.15, -0.1) is 0 Å². The average Bonchev–Trinajstić information content (AvgIpc) is 2.55. The van der Waals surface area contributed by atoms with Gasteiger partial charge in [0.15, 0.2) is 0 Å². The standard InChI is InChI=1S/C19H21NOS/c1-4-13-19(3,14-20)17-7-5-6-8-18(17)22(21)16-11-9-15(2)10-12-16/h5-12H,4,13H2,1-3H3/t19-,22?/m0/s1. The first-order chi connectivity index (χ1) is 10.5. The minimum absolute atomic E-state index is 0.605. The smallest absolute Gasteiger partial charge is 0.0852 e. The van der Waals surface area contributed by atoms with Crippen LogP contribution in [0.4, 0.5) is 0 Å². The van der Waals surface area contributed by atoms with Crippen molar-refractivity contribution in [1.29, 1.82) is 5.26 Å². The van der Waals surface area contributed by atoms with Crippen molar-refractivity contribution in [2.45, 2.75) is 48.8 Å². The highest BCUT2D eigenvalue weighted by molar-refractivity contribution is 7.85. The zero-order valence-electron chi connectivity index (χ0n) is 13.3. The Morgan fingerprint density at radius 2 is 1.77 bits per heavy atom. The zero-order chi connectivity index (χ0) is 16.2. The molecule has 0 amide bonds. The molecule has 2 nitrogen and oxygen atoms in total. The molecule has 2 atom stereocenters. The maximum absolute atomic E-state index is 12.9. The van der Waals surface area contributed by atoms with E-state index in [4.69, 9.17) is 0 Å². The number of hydrogen-bond acceptors (Lipinski definition) is 2. The highest BCUT2D eigenvalue weighted by atomic mass is 32.2. The molecule has 2 rings (SSSR count). The van der Waals surface area contributed by atoms with Crippen molar-refractivity contribution >= 4 is 10.8 Å². The summed E-state index contributed by atoms with van der Waals surface area (Å²) in [5, 5.41) is 9.63. The summed E-state index contributed by atoms with van der Waals surface area (Å²) >= 11 is 0. The van der Waals surface area contributed by atoms with Gasteiger partial charge in [-0.1, -0.05) is 49.2 Å². The Kier molecular flexibility index (Phi) is 5.15. The Morgan fingerprint density at radius 1 is 1.14 bits per heavy atom. The third-order valence-electron chi connectivity index (χ3n) is 3.91. The van der Waals surface area contributed by atoms with Gasteiger partial charge < -0.3 is 0 Å². The molecule has 0 fully saturated rings. The van der Waals surface area contributed by atoms with Gasteiger partial charge in [0.05, 0.1) is 22.3 Å². The number of nitriles is 1. The van der Waals surface area contributed by atoms with E-state index in [-0.39, 0.29) is 0 Å². The lowest BCUT2D eigenvalue weighted by atomic mass is 9.80. The first-order valence-corrected chi connectivity index (χ1v) is 8.66. The second-order valence-electron chi connectivity index (χ2n) is 5.77. The van der Waals surface area contributed by atoms with E-state index in [0.29, 0.717) is 0 Å². The molecular formula is C19H21NOS. The van der Waals surface area contributed by atoms with Gasteiger partial charge in [-0.2, -0.15) is 5.26 Å². The summed E-state index contributed by atoms with van der Waals surface area (Å²) in [4.78, 5) is 1.51. The van der Waals surface area contributed by atoms with Crippen molar-refractivity contribution in [2.75, 3.05) is 0 Å². The van der Waals surface area contributed by atoms with Gasteiger partial charge in [0.2, 0.25) is 0 Å². The predicted octanol–water partition coefficient (Wildman–Crippen LogP) is 4.74. The summed E-state index contributed by atoms with van der Waals surface area (Å²) < 4.78 is 12.9. The van der Waals surface area contributed by atoms with E-state index in [1.807, 2.05) is 62.4 Å². The Labute approximate surface area is 135 Å². The van der Waals surface area contributed by atoms with Crippen molar-refractivity contribution in [3.05, 3.63) is 59.7 Å². The molecule has 0 aliphatic carbocycles. The largest absolute Gasteiger partial charge is 0.249 e. The Morgan fingerprint density at radius 3 is 2.36 bits per heavy atom. The molecule has 0 N–H and O–H groups in total. The minimum atomic E-state index is -1.27. The molecule has 0 heterocycles. The third kappa shape index (κ3) is 3.28. The van der Waals surface area contributed by atoms with Gasteiger partial charge >= 0.3 is 0 Å². The molecule has 114 valence electrons. The van der Waals surface area contributed by atoms with E-state index in [0.717, 1.165) is 33.8 Å².